The summed E-state index contributed by atoms with van der Waals surface area (Å²) in [5.74, 6) is 1.33. The van der Waals surface area contributed by atoms with Gasteiger partial charge in [0.25, 0.3) is 0 Å². The van der Waals surface area contributed by atoms with E-state index in [1.54, 1.807) is 0 Å². The SMILES string of the molecule is CCC1c2ccccc2N2c3ncccc3N(c3ccccc3)C2C1(CC)C1c2ccccc2N2c3ccc(-n4c5ccccc5c5ccccc54)cc3N(c3ccccc3)C12. The van der Waals surface area contributed by atoms with Gasteiger partial charge in [-0.3, -0.25) is 0 Å². The van der Waals surface area contributed by atoms with Crippen LogP contribution in [0.1, 0.15) is 49.7 Å². The molecule has 0 spiro atoms. The average molecular weight is 803 g/mol. The first-order chi connectivity index (χ1) is 30.7. The summed E-state index contributed by atoms with van der Waals surface area (Å²) in [6.45, 7) is 4.89. The molecule has 5 unspecified atom stereocenters. The maximum absolute atomic E-state index is 5.24. The molecule has 0 N–H and O–H groups in total. The second-order valence-electron chi connectivity index (χ2n) is 17.3. The highest BCUT2D eigenvalue weighted by atomic mass is 15.5. The summed E-state index contributed by atoms with van der Waals surface area (Å²) in [6, 6.07) is 70.0. The van der Waals surface area contributed by atoms with Crippen LogP contribution in [0, 0.1) is 5.41 Å². The molecule has 62 heavy (non-hydrogen) atoms. The number of nitrogens with zero attached hydrogens (tertiary/aromatic N) is 6. The van der Waals surface area contributed by atoms with E-state index in [9.17, 15) is 0 Å². The summed E-state index contributed by atoms with van der Waals surface area (Å²) in [5, 5.41) is 2.54. The Hall–Kier alpha value is -7.31. The maximum Gasteiger partial charge on any atom is 0.158 e. The molecule has 0 bridgehead atoms. The zero-order valence-corrected chi connectivity index (χ0v) is 34.9. The van der Waals surface area contributed by atoms with Gasteiger partial charge in [-0.15, -0.1) is 0 Å². The summed E-state index contributed by atoms with van der Waals surface area (Å²) in [6.07, 6.45) is 3.82. The molecule has 4 aliphatic heterocycles. The molecule has 0 fully saturated rings. The summed E-state index contributed by atoms with van der Waals surface area (Å²) in [7, 11) is 0. The Morgan fingerprint density at radius 3 is 1.73 bits per heavy atom. The molecule has 6 heterocycles. The van der Waals surface area contributed by atoms with Crippen molar-refractivity contribution in [3.63, 3.8) is 0 Å². The number of hydrogen-bond acceptors (Lipinski definition) is 5. The lowest BCUT2D eigenvalue weighted by Gasteiger charge is -2.59. The minimum absolute atomic E-state index is 0.0476. The lowest BCUT2D eigenvalue weighted by Crippen LogP contribution is -2.62. The molecule has 0 saturated heterocycles. The van der Waals surface area contributed by atoms with E-state index in [4.69, 9.17) is 4.98 Å². The fourth-order valence-electron chi connectivity index (χ4n) is 12.6. The Morgan fingerprint density at radius 1 is 0.468 bits per heavy atom. The number of para-hydroxylation sites is 6. The molecule has 9 aromatic rings. The quantitative estimate of drug-likeness (QED) is 0.167. The van der Waals surface area contributed by atoms with Gasteiger partial charge in [0.15, 0.2) is 5.82 Å². The van der Waals surface area contributed by atoms with Crippen LogP contribution in [0.15, 0.2) is 194 Å². The third-order valence-corrected chi connectivity index (χ3v) is 14.8. The lowest BCUT2D eigenvalue weighted by atomic mass is 9.55. The van der Waals surface area contributed by atoms with E-state index >= 15 is 0 Å². The fourth-order valence-corrected chi connectivity index (χ4v) is 12.6. The highest BCUT2D eigenvalue weighted by Gasteiger charge is 2.66. The van der Waals surface area contributed by atoms with Crippen molar-refractivity contribution in [1.29, 1.82) is 0 Å². The van der Waals surface area contributed by atoms with Gasteiger partial charge in [0.1, 0.15) is 12.3 Å². The molecule has 0 radical (unpaired) electrons. The first kappa shape index (κ1) is 35.4. The van der Waals surface area contributed by atoms with E-state index in [-0.39, 0.29) is 29.6 Å². The Bertz CT molecular complexity index is 3140. The molecule has 13 rings (SSSR count). The van der Waals surface area contributed by atoms with Crippen molar-refractivity contribution in [2.75, 3.05) is 19.6 Å². The first-order valence-electron chi connectivity index (χ1n) is 22.3. The standard InChI is InChI=1S/C56H46N6/c1-3-44-42-26-13-17-30-47(42)62-53-50(32-19-35-57-53)60(38-22-9-6-10-23-38)55(62)56(44,4-2)52-43-27-14-18-31-48(43)61-49-34-33-39(36-51(49)59(54(52)61)37-20-7-5-8-21-37)58-45-28-15-11-24-40(45)41-25-12-16-29-46(41)58/h5-36,44,52,54-55H,3-4H2,1-2H3. The van der Waals surface area contributed by atoms with E-state index < -0.39 is 0 Å². The normalized spacial score (nSPS) is 21.8. The van der Waals surface area contributed by atoms with Gasteiger partial charge < -0.3 is 24.2 Å². The summed E-state index contributed by atoms with van der Waals surface area (Å²) < 4.78 is 2.46. The molecule has 6 heteroatoms. The number of pyridine rings is 1. The molecule has 5 atom stereocenters. The van der Waals surface area contributed by atoms with Crippen LogP contribution in [-0.4, -0.2) is 21.9 Å². The monoisotopic (exact) mass is 802 g/mol. The van der Waals surface area contributed by atoms with Crippen LogP contribution in [-0.2, 0) is 0 Å². The Kier molecular flexibility index (Phi) is 7.63. The van der Waals surface area contributed by atoms with Gasteiger partial charge in [0.05, 0.1) is 28.1 Å². The van der Waals surface area contributed by atoms with Crippen LogP contribution in [0.2, 0.25) is 0 Å². The second kappa shape index (κ2) is 13.3. The third kappa shape index (κ3) is 4.56. The largest absolute Gasteiger partial charge is 0.318 e. The van der Waals surface area contributed by atoms with Crippen molar-refractivity contribution in [3.8, 4) is 5.69 Å². The first-order valence-corrected chi connectivity index (χ1v) is 22.3. The van der Waals surface area contributed by atoms with Gasteiger partial charge in [-0.2, -0.15) is 0 Å². The van der Waals surface area contributed by atoms with Crippen molar-refractivity contribution < 1.29 is 0 Å². The number of hydrogen-bond donors (Lipinski definition) is 0. The summed E-state index contributed by atoms with van der Waals surface area (Å²) >= 11 is 0. The summed E-state index contributed by atoms with van der Waals surface area (Å²) in [4.78, 5) is 15.9. The average Bonchev–Trinajstić information content (AvgIpc) is 4.07. The predicted octanol–water partition coefficient (Wildman–Crippen LogP) is 14.1. The van der Waals surface area contributed by atoms with E-state index in [0.29, 0.717) is 0 Å². The molecule has 0 saturated carbocycles. The molecule has 300 valence electrons. The van der Waals surface area contributed by atoms with Crippen molar-refractivity contribution >= 4 is 67.4 Å². The number of benzene rings is 7. The van der Waals surface area contributed by atoms with Gasteiger partial charge in [-0.05, 0) is 109 Å². The van der Waals surface area contributed by atoms with E-state index in [1.807, 2.05) is 6.20 Å². The number of aromatic nitrogens is 2. The van der Waals surface area contributed by atoms with Gasteiger partial charge in [0.2, 0.25) is 0 Å². The van der Waals surface area contributed by atoms with Crippen molar-refractivity contribution in [2.45, 2.75) is 50.9 Å². The van der Waals surface area contributed by atoms with Crippen molar-refractivity contribution in [2.24, 2.45) is 5.41 Å². The molecular formula is C56H46N6. The van der Waals surface area contributed by atoms with Crippen LogP contribution < -0.4 is 19.6 Å². The molecule has 2 aromatic heterocycles. The number of rotatable bonds is 6. The smallest absolute Gasteiger partial charge is 0.158 e. The van der Waals surface area contributed by atoms with Crippen LogP contribution in [0.4, 0.5) is 45.6 Å². The minimum atomic E-state index is -0.320. The van der Waals surface area contributed by atoms with Crippen molar-refractivity contribution in [3.05, 3.63) is 205 Å². The van der Waals surface area contributed by atoms with Crippen LogP contribution >= 0.6 is 0 Å². The molecule has 4 aliphatic rings. The number of fused-ring (bicyclic) bond motifs is 13. The highest BCUT2D eigenvalue weighted by molar-refractivity contribution is 6.09. The topological polar surface area (TPSA) is 30.8 Å². The number of anilines is 8. The predicted molar refractivity (Wildman–Crippen MR) is 255 cm³/mol. The molecule has 0 amide bonds. The van der Waals surface area contributed by atoms with Gasteiger partial charge in [0, 0.05) is 56.7 Å². The zero-order valence-electron chi connectivity index (χ0n) is 34.9. The van der Waals surface area contributed by atoms with Crippen LogP contribution in [0.5, 0.6) is 0 Å². The van der Waals surface area contributed by atoms with Crippen LogP contribution in [0.25, 0.3) is 27.5 Å². The minimum Gasteiger partial charge on any atom is -0.318 e. The zero-order chi connectivity index (χ0) is 41.1. The maximum atomic E-state index is 5.24. The van der Waals surface area contributed by atoms with Crippen LogP contribution in [0.3, 0.4) is 0 Å². The van der Waals surface area contributed by atoms with Gasteiger partial charge in [-0.1, -0.05) is 123 Å². The second-order valence-corrected chi connectivity index (χ2v) is 17.3. The van der Waals surface area contributed by atoms with E-state index in [1.165, 1.54) is 67.1 Å². The molecule has 6 nitrogen and oxygen atoms in total. The molecule has 7 aromatic carbocycles. The van der Waals surface area contributed by atoms with Crippen molar-refractivity contribution in [1.82, 2.24) is 9.55 Å². The highest BCUT2D eigenvalue weighted by Crippen LogP contribution is 2.71. The fraction of sp³-hybridized carbons (Fsp3) is 0.161. The van der Waals surface area contributed by atoms with Gasteiger partial charge >= 0.3 is 0 Å². The Morgan fingerprint density at radius 2 is 1.05 bits per heavy atom. The Labute approximate surface area is 362 Å². The Balaban J connectivity index is 1.10. The lowest BCUT2D eigenvalue weighted by molar-refractivity contribution is 0.100. The molecular weight excluding hydrogens is 757 g/mol. The van der Waals surface area contributed by atoms with Gasteiger partial charge in [-0.25, -0.2) is 4.98 Å². The van der Waals surface area contributed by atoms with E-state index in [2.05, 4.69) is 226 Å². The molecule has 0 aliphatic carbocycles. The van der Waals surface area contributed by atoms with E-state index in [0.717, 1.165) is 30.0 Å². The third-order valence-electron chi connectivity index (χ3n) is 14.8. The summed E-state index contributed by atoms with van der Waals surface area (Å²) in [5.41, 5.74) is 14.7.